The van der Waals surface area contributed by atoms with Gasteiger partial charge in [-0.25, -0.2) is 4.68 Å². The molecule has 0 saturated heterocycles. The molecule has 0 radical (unpaired) electrons. The number of hydrogen-bond donors (Lipinski definition) is 2. The Morgan fingerprint density at radius 1 is 1.19 bits per heavy atom. The highest BCUT2D eigenvalue weighted by molar-refractivity contribution is 5.71. The molecule has 0 spiro atoms. The molecule has 0 saturated carbocycles. The summed E-state index contributed by atoms with van der Waals surface area (Å²) >= 11 is 0. The highest BCUT2D eigenvalue weighted by Gasteiger charge is 2.15. The first-order chi connectivity index (χ1) is 12.7. The molecule has 138 valence electrons. The average molecular weight is 357 g/mol. The van der Waals surface area contributed by atoms with Crippen LogP contribution in [0.1, 0.15) is 24.3 Å². The van der Waals surface area contributed by atoms with E-state index in [1.165, 1.54) is 10.7 Å². The van der Waals surface area contributed by atoms with E-state index >= 15 is 0 Å². The highest BCUT2D eigenvalue weighted by Crippen LogP contribution is 2.33. The van der Waals surface area contributed by atoms with Crippen LogP contribution < -0.4 is 20.8 Å². The fraction of sp³-hybridized carbons (Fsp3) is 0.389. The first kappa shape index (κ1) is 17.9. The number of aromatic amines is 1. The van der Waals surface area contributed by atoms with E-state index in [-0.39, 0.29) is 11.5 Å². The van der Waals surface area contributed by atoms with Gasteiger partial charge in [-0.05, 0) is 43.0 Å². The van der Waals surface area contributed by atoms with Crippen LogP contribution in [0.2, 0.25) is 0 Å². The van der Waals surface area contributed by atoms with Crippen molar-refractivity contribution in [1.29, 1.82) is 0 Å². The van der Waals surface area contributed by atoms with Gasteiger partial charge in [-0.15, -0.1) is 0 Å². The van der Waals surface area contributed by atoms with E-state index in [1.54, 1.807) is 20.4 Å². The second-order valence-electron chi connectivity index (χ2n) is 6.05. The van der Waals surface area contributed by atoms with Crippen molar-refractivity contribution >= 4 is 11.0 Å². The Hall–Kier alpha value is -2.87. The van der Waals surface area contributed by atoms with Gasteiger partial charge in [0.2, 0.25) is 0 Å². The number of nitrogens with two attached hydrogens (primary N) is 1. The molecule has 1 unspecified atom stereocenters. The van der Waals surface area contributed by atoms with Gasteiger partial charge in [-0.1, -0.05) is 6.07 Å². The first-order valence-corrected chi connectivity index (χ1v) is 8.49. The summed E-state index contributed by atoms with van der Waals surface area (Å²) in [5, 5.41) is 11.0. The SMILES string of the molecule is COc1ccc(C(CCN)CCn2nc3cn[nH]c3cc2=O)cc1OC. The van der Waals surface area contributed by atoms with Gasteiger partial charge in [-0.2, -0.15) is 10.2 Å². The van der Waals surface area contributed by atoms with E-state index in [4.69, 9.17) is 15.2 Å². The van der Waals surface area contributed by atoms with Crippen LogP contribution in [0.15, 0.2) is 35.3 Å². The van der Waals surface area contributed by atoms with Crippen LogP contribution in [0, 0.1) is 0 Å². The summed E-state index contributed by atoms with van der Waals surface area (Å²) in [6.45, 7) is 1.06. The summed E-state index contributed by atoms with van der Waals surface area (Å²) in [5.74, 6) is 1.56. The van der Waals surface area contributed by atoms with Crippen LogP contribution in [0.5, 0.6) is 11.5 Å². The number of rotatable bonds is 8. The number of methoxy groups -OCH3 is 2. The summed E-state index contributed by atoms with van der Waals surface area (Å²) in [4.78, 5) is 12.2. The number of H-pyrrole nitrogens is 1. The topological polar surface area (TPSA) is 108 Å². The lowest BCUT2D eigenvalue weighted by atomic mass is 9.92. The lowest BCUT2D eigenvalue weighted by Gasteiger charge is -2.18. The molecule has 0 aliphatic rings. The maximum absolute atomic E-state index is 12.2. The lowest BCUT2D eigenvalue weighted by Crippen LogP contribution is -2.23. The molecule has 0 fully saturated rings. The molecule has 2 aromatic heterocycles. The zero-order valence-corrected chi connectivity index (χ0v) is 14.9. The van der Waals surface area contributed by atoms with Crippen molar-refractivity contribution in [3.05, 3.63) is 46.4 Å². The Morgan fingerprint density at radius 2 is 2.00 bits per heavy atom. The van der Waals surface area contributed by atoms with Crippen molar-refractivity contribution in [1.82, 2.24) is 20.0 Å². The summed E-state index contributed by atoms with van der Waals surface area (Å²) in [6, 6.07) is 7.38. The van der Waals surface area contributed by atoms with Gasteiger partial charge in [0.25, 0.3) is 5.56 Å². The Bertz CT molecular complexity index is 934. The molecule has 0 amide bonds. The van der Waals surface area contributed by atoms with Crippen molar-refractivity contribution in [3.8, 4) is 11.5 Å². The molecule has 3 rings (SSSR count). The number of hydrogen-bond acceptors (Lipinski definition) is 6. The van der Waals surface area contributed by atoms with Crippen LogP contribution >= 0.6 is 0 Å². The Morgan fingerprint density at radius 3 is 2.73 bits per heavy atom. The summed E-state index contributed by atoms with van der Waals surface area (Å²) < 4.78 is 12.2. The van der Waals surface area contributed by atoms with Gasteiger partial charge in [0, 0.05) is 12.6 Å². The monoisotopic (exact) mass is 357 g/mol. The molecular formula is C18H23N5O3. The van der Waals surface area contributed by atoms with Crippen LogP contribution in [0.4, 0.5) is 0 Å². The van der Waals surface area contributed by atoms with E-state index < -0.39 is 0 Å². The third-order valence-electron chi connectivity index (χ3n) is 4.48. The number of aromatic nitrogens is 4. The zero-order valence-electron chi connectivity index (χ0n) is 14.9. The van der Waals surface area contributed by atoms with Crippen LogP contribution in [-0.4, -0.2) is 40.7 Å². The van der Waals surface area contributed by atoms with Crippen molar-refractivity contribution in [2.24, 2.45) is 5.73 Å². The molecule has 26 heavy (non-hydrogen) atoms. The molecule has 3 N–H and O–H groups in total. The number of fused-ring (bicyclic) bond motifs is 1. The molecule has 1 aromatic carbocycles. The predicted molar refractivity (Wildman–Crippen MR) is 98.7 cm³/mol. The minimum atomic E-state index is -0.152. The number of ether oxygens (including phenoxy) is 2. The maximum atomic E-state index is 12.2. The molecule has 0 bridgehead atoms. The predicted octanol–water partition coefficient (Wildman–Crippen LogP) is 1.66. The molecule has 8 heteroatoms. The number of benzene rings is 1. The lowest BCUT2D eigenvalue weighted by molar-refractivity contribution is 0.353. The highest BCUT2D eigenvalue weighted by atomic mass is 16.5. The van der Waals surface area contributed by atoms with Crippen molar-refractivity contribution < 1.29 is 9.47 Å². The molecule has 3 aromatic rings. The number of nitrogens with zero attached hydrogens (tertiary/aromatic N) is 3. The zero-order chi connectivity index (χ0) is 18.5. The van der Waals surface area contributed by atoms with Gasteiger partial charge < -0.3 is 15.2 Å². The summed E-state index contributed by atoms with van der Waals surface area (Å²) in [7, 11) is 3.22. The maximum Gasteiger partial charge on any atom is 0.268 e. The van der Waals surface area contributed by atoms with Gasteiger partial charge >= 0.3 is 0 Å². The molecule has 8 nitrogen and oxygen atoms in total. The minimum Gasteiger partial charge on any atom is -0.493 e. The summed E-state index contributed by atoms with van der Waals surface area (Å²) in [6.07, 6.45) is 3.15. The first-order valence-electron chi connectivity index (χ1n) is 8.49. The second-order valence-corrected chi connectivity index (χ2v) is 6.05. The van der Waals surface area contributed by atoms with E-state index in [2.05, 4.69) is 15.3 Å². The fourth-order valence-corrected chi connectivity index (χ4v) is 3.08. The van der Waals surface area contributed by atoms with Crippen molar-refractivity contribution in [2.45, 2.75) is 25.3 Å². The van der Waals surface area contributed by atoms with Gasteiger partial charge in [-0.3, -0.25) is 9.89 Å². The molecule has 0 aliphatic heterocycles. The average Bonchev–Trinajstić information content (AvgIpc) is 3.11. The van der Waals surface area contributed by atoms with Crippen molar-refractivity contribution in [2.75, 3.05) is 20.8 Å². The van der Waals surface area contributed by atoms with Crippen LogP contribution in [0.25, 0.3) is 11.0 Å². The number of nitrogens with one attached hydrogen (secondary N) is 1. The Balaban J connectivity index is 1.82. The Kier molecular flexibility index (Phi) is 5.52. The van der Waals surface area contributed by atoms with Gasteiger partial charge in [0.1, 0.15) is 5.52 Å². The summed E-state index contributed by atoms with van der Waals surface area (Å²) in [5.41, 5.74) is 8.07. The van der Waals surface area contributed by atoms with Crippen LogP contribution in [-0.2, 0) is 6.54 Å². The van der Waals surface area contributed by atoms with E-state index in [0.29, 0.717) is 35.6 Å². The van der Waals surface area contributed by atoms with Crippen LogP contribution in [0.3, 0.4) is 0 Å². The third kappa shape index (κ3) is 3.70. The molecular weight excluding hydrogens is 334 g/mol. The van der Waals surface area contributed by atoms with E-state index in [0.717, 1.165) is 18.4 Å². The largest absolute Gasteiger partial charge is 0.493 e. The van der Waals surface area contributed by atoms with Gasteiger partial charge in [0.05, 0.1) is 25.9 Å². The van der Waals surface area contributed by atoms with E-state index in [1.807, 2.05) is 18.2 Å². The van der Waals surface area contributed by atoms with Crippen molar-refractivity contribution in [3.63, 3.8) is 0 Å². The van der Waals surface area contributed by atoms with E-state index in [9.17, 15) is 4.79 Å². The normalized spacial score (nSPS) is 12.3. The molecule has 2 heterocycles. The fourth-order valence-electron chi connectivity index (χ4n) is 3.08. The minimum absolute atomic E-state index is 0.152. The Labute approximate surface area is 150 Å². The number of aryl methyl sites for hydroxylation is 1. The third-order valence-corrected chi connectivity index (χ3v) is 4.48. The standard InChI is InChI=1S/C18H23N5O3/c1-25-16-4-3-13(9-17(16)26-2)12(5-7-19)6-8-23-18(24)10-14-15(22-23)11-20-21-14/h3-4,9-12,21H,5-8,19H2,1-2H3. The molecule has 1 atom stereocenters. The quantitative estimate of drug-likeness (QED) is 0.635. The smallest absolute Gasteiger partial charge is 0.268 e. The second kappa shape index (κ2) is 8.01. The van der Waals surface area contributed by atoms with Gasteiger partial charge in [0.15, 0.2) is 11.5 Å². The molecule has 0 aliphatic carbocycles.